The number of nitrogen functional groups attached to an aromatic ring is 1. The quantitative estimate of drug-likeness (QED) is 0.630. The summed E-state index contributed by atoms with van der Waals surface area (Å²) in [6.07, 6.45) is 1.59. The average molecular weight is 331 g/mol. The molecule has 20 heavy (non-hydrogen) atoms. The Balaban J connectivity index is 1.93. The maximum atomic E-state index is 12.3. The van der Waals surface area contributed by atoms with E-state index in [-0.39, 0.29) is 22.3 Å². The molecule has 0 spiro atoms. The number of nitrogens with zero attached hydrogens (tertiary/aromatic N) is 2. The van der Waals surface area contributed by atoms with Crippen molar-refractivity contribution in [3.05, 3.63) is 32.3 Å². The van der Waals surface area contributed by atoms with Crippen molar-refractivity contribution in [2.75, 3.05) is 5.73 Å². The zero-order valence-electron chi connectivity index (χ0n) is 9.86. The second-order valence-corrected chi connectivity index (χ2v) is 7.25. The average Bonchev–Trinajstić information content (AvgIpc) is 3.02. The first kappa shape index (κ1) is 13.3. The lowest BCUT2D eigenvalue weighted by molar-refractivity contribution is 0.576. The van der Waals surface area contributed by atoms with E-state index in [2.05, 4.69) is 14.7 Å². The van der Waals surface area contributed by atoms with Gasteiger partial charge >= 0.3 is 4.87 Å². The maximum Gasteiger partial charge on any atom is 0.304 e. The Morgan fingerprint density at radius 3 is 2.95 bits per heavy atom. The van der Waals surface area contributed by atoms with Crippen LogP contribution in [0.5, 0.6) is 0 Å². The lowest BCUT2D eigenvalue weighted by atomic mass is 10.5. The van der Waals surface area contributed by atoms with Gasteiger partial charge in [-0.15, -0.1) is 11.3 Å². The molecule has 0 fully saturated rings. The van der Waals surface area contributed by atoms with E-state index in [1.807, 2.05) is 0 Å². The molecule has 3 heterocycles. The number of nitrogens with two attached hydrogens (primary N) is 1. The third-order valence-corrected chi connectivity index (χ3v) is 5.44. The summed E-state index contributed by atoms with van der Waals surface area (Å²) in [5.74, 6) is -0.0526. The van der Waals surface area contributed by atoms with Crippen LogP contribution in [-0.4, -0.2) is 22.8 Å². The number of imidazole rings is 1. The molecule has 0 atom stereocenters. The Kier molecular flexibility index (Phi) is 3.12. The number of nitrogens with one attached hydrogen (secondary N) is 2. The Morgan fingerprint density at radius 2 is 2.25 bits per heavy atom. The molecule has 0 saturated heterocycles. The Bertz CT molecular complexity index is 916. The van der Waals surface area contributed by atoms with Gasteiger partial charge in [-0.2, -0.15) is 0 Å². The van der Waals surface area contributed by atoms with Crippen molar-refractivity contribution in [3.8, 4) is 0 Å². The lowest BCUT2D eigenvalue weighted by Gasteiger charge is -2.05. The molecule has 0 aliphatic heterocycles. The monoisotopic (exact) mass is 331 g/mol. The van der Waals surface area contributed by atoms with Crippen molar-refractivity contribution in [1.29, 1.82) is 0 Å². The number of fused-ring (bicyclic) bond motifs is 1. The van der Waals surface area contributed by atoms with Gasteiger partial charge in [0.2, 0.25) is 0 Å². The summed E-state index contributed by atoms with van der Waals surface area (Å²) in [5.41, 5.74) is 6.15. The topological polar surface area (TPSA) is 122 Å². The van der Waals surface area contributed by atoms with Crippen molar-refractivity contribution in [2.24, 2.45) is 0 Å². The first-order chi connectivity index (χ1) is 9.47. The highest BCUT2D eigenvalue weighted by Crippen LogP contribution is 2.23. The zero-order valence-corrected chi connectivity index (χ0v) is 12.3. The zero-order chi connectivity index (χ0) is 14.3. The molecule has 11 heteroatoms. The predicted octanol–water partition coefficient (Wildman–Crippen LogP) is 0.206. The van der Waals surface area contributed by atoms with Crippen molar-refractivity contribution in [3.63, 3.8) is 0 Å². The number of sulfonamides is 1. The molecule has 8 nitrogen and oxygen atoms in total. The van der Waals surface area contributed by atoms with Crippen LogP contribution in [0.2, 0.25) is 0 Å². The fourth-order valence-electron chi connectivity index (χ4n) is 1.69. The molecule has 0 saturated carbocycles. The second-order valence-electron chi connectivity index (χ2n) is 3.86. The van der Waals surface area contributed by atoms with Gasteiger partial charge in [-0.3, -0.25) is 9.20 Å². The van der Waals surface area contributed by atoms with Crippen molar-refractivity contribution in [2.45, 2.75) is 11.6 Å². The van der Waals surface area contributed by atoms with E-state index < -0.39 is 10.0 Å². The molecular formula is C9H9N5O3S3. The SMILES string of the molecule is Nc1nc2sccn2c1S(=O)(=O)NCc1csc(=O)[nH]1. The van der Waals surface area contributed by atoms with Gasteiger partial charge < -0.3 is 10.7 Å². The molecule has 0 bridgehead atoms. The van der Waals surface area contributed by atoms with Crippen LogP contribution >= 0.6 is 22.7 Å². The Morgan fingerprint density at radius 1 is 1.45 bits per heavy atom. The van der Waals surface area contributed by atoms with Crippen LogP contribution in [0.4, 0.5) is 5.82 Å². The largest absolute Gasteiger partial charge is 0.381 e. The van der Waals surface area contributed by atoms with Crippen LogP contribution in [0.25, 0.3) is 4.96 Å². The molecule has 0 aliphatic carbocycles. The minimum absolute atomic E-state index is 0.0160. The van der Waals surface area contributed by atoms with E-state index in [4.69, 9.17) is 5.73 Å². The van der Waals surface area contributed by atoms with Crippen molar-refractivity contribution >= 4 is 43.5 Å². The van der Waals surface area contributed by atoms with Gasteiger partial charge in [0, 0.05) is 22.7 Å². The highest BCUT2D eigenvalue weighted by molar-refractivity contribution is 7.89. The number of anilines is 1. The van der Waals surface area contributed by atoms with Gasteiger partial charge in [0.05, 0.1) is 6.54 Å². The van der Waals surface area contributed by atoms with Gasteiger partial charge in [0.25, 0.3) is 10.0 Å². The standard InChI is InChI=1S/C9H9N5O3S3/c10-6-7(14-1-2-18-8(14)13-6)20(16,17)11-3-5-4-19-9(15)12-5/h1-2,4,11H,3,10H2,(H,12,15). The van der Waals surface area contributed by atoms with E-state index in [1.165, 1.54) is 15.7 Å². The fourth-order valence-corrected chi connectivity index (χ4v) is 4.26. The highest BCUT2D eigenvalue weighted by Gasteiger charge is 2.24. The van der Waals surface area contributed by atoms with E-state index in [0.717, 1.165) is 11.3 Å². The molecule has 0 radical (unpaired) electrons. The van der Waals surface area contributed by atoms with E-state index in [0.29, 0.717) is 10.7 Å². The number of hydrogen-bond acceptors (Lipinski definition) is 7. The molecule has 4 N–H and O–H groups in total. The first-order valence-corrected chi connectivity index (χ1v) is 8.59. The van der Waals surface area contributed by atoms with Crippen LogP contribution < -0.4 is 15.3 Å². The summed E-state index contributed by atoms with van der Waals surface area (Å²) >= 11 is 2.26. The van der Waals surface area contributed by atoms with Gasteiger partial charge in [-0.25, -0.2) is 18.1 Å². The van der Waals surface area contributed by atoms with E-state index in [1.54, 1.807) is 17.0 Å². The van der Waals surface area contributed by atoms with Gasteiger partial charge in [-0.05, 0) is 0 Å². The van der Waals surface area contributed by atoms with Crippen LogP contribution in [0.15, 0.2) is 26.8 Å². The number of aromatic amines is 1. The molecule has 3 aromatic heterocycles. The molecule has 3 aromatic rings. The highest BCUT2D eigenvalue weighted by atomic mass is 32.2. The molecule has 0 aromatic carbocycles. The summed E-state index contributed by atoms with van der Waals surface area (Å²) in [7, 11) is -3.82. The molecule has 106 valence electrons. The normalized spacial score (nSPS) is 12.2. The minimum atomic E-state index is -3.82. The fraction of sp³-hybridized carbons (Fsp3) is 0.111. The molecule has 0 aliphatic rings. The lowest BCUT2D eigenvalue weighted by Crippen LogP contribution is -2.25. The second kappa shape index (κ2) is 4.70. The van der Waals surface area contributed by atoms with Crippen molar-refractivity contribution in [1.82, 2.24) is 19.1 Å². The number of H-pyrrole nitrogens is 1. The predicted molar refractivity (Wildman–Crippen MR) is 76.4 cm³/mol. The number of hydrogen-bond donors (Lipinski definition) is 3. The first-order valence-electron chi connectivity index (χ1n) is 5.35. The van der Waals surface area contributed by atoms with Crippen molar-refractivity contribution < 1.29 is 8.42 Å². The Hall–Kier alpha value is -1.69. The smallest absolute Gasteiger partial charge is 0.304 e. The third-order valence-electron chi connectivity index (χ3n) is 2.52. The summed E-state index contributed by atoms with van der Waals surface area (Å²) in [5, 5.41) is 3.19. The number of aromatic nitrogens is 3. The van der Waals surface area contributed by atoms with Crippen LogP contribution in [0.3, 0.4) is 0 Å². The Labute approximate surface area is 121 Å². The van der Waals surface area contributed by atoms with Gasteiger partial charge in [0.15, 0.2) is 15.8 Å². The van der Waals surface area contributed by atoms with Crippen LogP contribution in [0.1, 0.15) is 5.69 Å². The summed E-state index contributed by atoms with van der Waals surface area (Å²) < 4.78 is 28.3. The van der Waals surface area contributed by atoms with Gasteiger partial charge in [0.1, 0.15) is 0 Å². The molecular weight excluding hydrogens is 322 g/mol. The van der Waals surface area contributed by atoms with Crippen LogP contribution in [-0.2, 0) is 16.6 Å². The molecule has 0 amide bonds. The molecule has 3 rings (SSSR count). The number of thiazole rings is 2. The summed E-state index contributed by atoms with van der Waals surface area (Å²) in [6, 6.07) is 0. The maximum absolute atomic E-state index is 12.3. The van der Waals surface area contributed by atoms with E-state index >= 15 is 0 Å². The number of rotatable bonds is 4. The van der Waals surface area contributed by atoms with Crippen LogP contribution in [0, 0.1) is 0 Å². The summed E-state index contributed by atoms with van der Waals surface area (Å²) in [4.78, 5) is 17.8. The minimum Gasteiger partial charge on any atom is -0.381 e. The third kappa shape index (κ3) is 2.24. The summed E-state index contributed by atoms with van der Waals surface area (Å²) in [6.45, 7) is -0.0160. The van der Waals surface area contributed by atoms with E-state index in [9.17, 15) is 13.2 Å². The van der Waals surface area contributed by atoms with Gasteiger partial charge in [-0.1, -0.05) is 11.3 Å². The molecule has 0 unspecified atom stereocenters.